The van der Waals surface area contributed by atoms with Crippen molar-refractivity contribution in [3.8, 4) is 11.3 Å². The highest BCUT2D eigenvalue weighted by molar-refractivity contribution is 8.43. The van der Waals surface area contributed by atoms with Crippen molar-refractivity contribution in [1.29, 1.82) is 0 Å². The Morgan fingerprint density at radius 2 is 1.57 bits per heavy atom. The van der Waals surface area contributed by atoms with Gasteiger partial charge in [-0.05, 0) is 41.4 Å². The average Bonchev–Trinajstić information content (AvgIpc) is 3.43. The van der Waals surface area contributed by atoms with Crippen LogP contribution in [-0.2, 0) is 33.3 Å². The molecule has 0 bridgehead atoms. The maximum Gasteiger partial charge on any atom is 0.332 e. The molecule has 1 aromatic carbocycles. The fraction of sp³-hybridized carbons (Fsp3) is 0.645. The number of thiol groups is 1. The molecule has 46 heavy (non-hydrogen) atoms. The summed E-state index contributed by atoms with van der Waals surface area (Å²) in [6.45, 7) is 17.3. The van der Waals surface area contributed by atoms with Crippen LogP contribution in [0, 0.1) is 17.5 Å². The van der Waals surface area contributed by atoms with Gasteiger partial charge in [0.1, 0.15) is 38.3 Å². The van der Waals surface area contributed by atoms with Gasteiger partial charge >= 0.3 is 17.9 Å². The molecular formula is C31H46F3N3O7SSi. The first-order chi connectivity index (χ1) is 21.6. The van der Waals surface area contributed by atoms with Crippen molar-refractivity contribution in [3.05, 3.63) is 35.8 Å². The molecule has 15 heteroatoms. The lowest BCUT2D eigenvalue weighted by Gasteiger charge is -2.59. The van der Waals surface area contributed by atoms with Gasteiger partial charge in [0.15, 0.2) is 17.5 Å². The van der Waals surface area contributed by atoms with Crippen molar-refractivity contribution in [2.75, 3.05) is 25.6 Å². The Bertz CT molecular complexity index is 1350. The van der Waals surface area contributed by atoms with Crippen LogP contribution in [0.5, 0.6) is 0 Å². The first-order valence-electron chi connectivity index (χ1n) is 15.5. The van der Waals surface area contributed by atoms with Crippen molar-refractivity contribution in [2.45, 2.75) is 102 Å². The number of esters is 3. The summed E-state index contributed by atoms with van der Waals surface area (Å²) >= 11 is 0. The van der Waals surface area contributed by atoms with Gasteiger partial charge in [-0.1, -0.05) is 46.8 Å². The number of ether oxygens (including phenoxy) is 4. The van der Waals surface area contributed by atoms with Crippen molar-refractivity contribution in [1.82, 2.24) is 15.0 Å². The number of halogens is 3. The molecule has 1 aliphatic heterocycles. The number of carbonyl (C=O) groups excluding carboxylic acids is 3. The van der Waals surface area contributed by atoms with Crippen molar-refractivity contribution >= 4 is 35.5 Å². The van der Waals surface area contributed by atoms with E-state index in [1.165, 1.54) is 24.7 Å². The lowest BCUT2D eigenvalue weighted by Crippen LogP contribution is -2.60. The summed E-state index contributed by atoms with van der Waals surface area (Å²) in [4.78, 5) is 37.4. The Labute approximate surface area is 271 Å². The zero-order valence-corrected chi connectivity index (χ0v) is 29.8. The molecule has 1 fully saturated rings. The summed E-state index contributed by atoms with van der Waals surface area (Å²) < 4.78 is 66.5. The average molecular weight is 690 g/mol. The standard InChI is InChI=1S/C31H46F3N3O7SSi/c1-10-41-28(40)15-43-26-16-45(46(17(2)3,18(4)5)19(6)7)27(14-42-20(8)38)31(44-21(9)39)30(26)37-13-25(35-36-37)22-11-23(32)29(34)24(33)12-22/h11-13,17-19,26-27,30-31,45H,10,14-16H2,1-9H3/t26-,27+,30-,31-/m0/s1. The van der Waals surface area contributed by atoms with Crippen LogP contribution in [-0.4, -0.2) is 83.2 Å². The Hall–Kier alpha value is -2.91. The monoisotopic (exact) mass is 689 g/mol. The molecule has 3 rings (SSSR count). The molecule has 0 aliphatic carbocycles. The molecule has 10 nitrogen and oxygen atoms in total. The van der Waals surface area contributed by atoms with Gasteiger partial charge < -0.3 is 18.9 Å². The number of benzene rings is 1. The SMILES string of the molecule is CCOC(=O)CO[C@H]1C[SH]([Si](C(C)C)(C(C)C)C(C)C)[C@H](COC(C)=O)[C@H](OC(C)=O)[C@H]1n1cc(-c2cc(F)c(F)c(F)c2)nn1. The number of nitrogens with zero attached hydrogens (tertiary/aromatic N) is 3. The minimum absolute atomic E-state index is 0.0169. The first-order valence-corrected chi connectivity index (χ1v) is 20.1. The Kier molecular flexibility index (Phi) is 12.9. The topological polar surface area (TPSA) is 119 Å². The Morgan fingerprint density at radius 1 is 0.978 bits per heavy atom. The van der Waals surface area contributed by atoms with Gasteiger partial charge in [0.2, 0.25) is 0 Å². The molecule has 0 saturated carbocycles. The molecule has 5 atom stereocenters. The third-order valence-electron chi connectivity index (χ3n) is 8.72. The van der Waals surface area contributed by atoms with Crippen LogP contribution in [0.25, 0.3) is 11.3 Å². The second-order valence-electron chi connectivity index (χ2n) is 12.4. The molecule has 1 saturated heterocycles. The normalized spacial score (nSPS) is 22.7. The summed E-state index contributed by atoms with van der Waals surface area (Å²) in [6.07, 6.45) is -0.279. The van der Waals surface area contributed by atoms with Crippen LogP contribution in [0.4, 0.5) is 13.2 Å². The number of hydrogen-bond acceptors (Lipinski definition) is 9. The molecule has 0 spiro atoms. The predicted octanol–water partition coefficient (Wildman–Crippen LogP) is 5.91. The summed E-state index contributed by atoms with van der Waals surface area (Å²) in [5.41, 5.74) is 0.846. The fourth-order valence-electron chi connectivity index (χ4n) is 7.33. The summed E-state index contributed by atoms with van der Waals surface area (Å²) in [5.74, 6) is -5.56. The van der Waals surface area contributed by atoms with Gasteiger partial charge in [-0.25, -0.2) is 22.6 Å². The van der Waals surface area contributed by atoms with Gasteiger partial charge in [-0.3, -0.25) is 19.9 Å². The highest BCUT2D eigenvalue weighted by atomic mass is 32.4. The molecule has 1 unspecified atom stereocenters. The third kappa shape index (κ3) is 7.96. The largest absolute Gasteiger partial charge is 0.465 e. The van der Waals surface area contributed by atoms with Gasteiger partial charge in [-0.2, -0.15) is 0 Å². The first kappa shape index (κ1) is 37.5. The van der Waals surface area contributed by atoms with E-state index in [0.717, 1.165) is 12.1 Å². The van der Waals surface area contributed by atoms with E-state index in [1.807, 2.05) is 0 Å². The molecular weight excluding hydrogens is 644 g/mol. The zero-order chi connectivity index (χ0) is 34.5. The van der Waals surface area contributed by atoms with E-state index in [4.69, 9.17) is 18.9 Å². The molecule has 0 radical (unpaired) electrons. The molecule has 0 amide bonds. The van der Waals surface area contributed by atoms with E-state index >= 15 is 0 Å². The zero-order valence-electron chi connectivity index (χ0n) is 27.9. The summed E-state index contributed by atoms with van der Waals surface area (Å²) in [6, 6.07) is 0.734. The van der Waals surface area contributed by atoms with E-state index in [9.17, 15) is 27.6 Å². The van der Waals surface area contributed by atoms with E-state index in [0.29, 0.717) is 22.4 Å². The lowest BCUT2D eigenvalue weighted by atomic mass is 10.0. The third-order valence-corrected chi connectivity index (χ3v) is 26.4. The van der Waals surface area contributed by atoms with E-state index in [-0.39, 0.29) is 31.1 Å². The van der Waals surface area contributed by atoms with Gasteiger partial charge in [0.05, 0.1) is 24.2 Å². The number of rotatable bonds is 13. The Balaban J connectivity index is 2.26. The van der Waals surface area contributed by atoms with Gasteiger partial charge in [0.25, 0.3) is 0 Å². The molecule has 258 valence electrons. The van der Waals surface area contributed by atoms with Crippen molar-refractivity contribution in [2.24, 2.45) is 0 Å². The number of hydrogen-bond donors (Lipinski definition) is 1. The molecule has 2 heterocycles. The van der Waals surface area contributed by atoms with E-state index in [1.54, 1.807) is 6.92 Å². The highest BCUT2D eigenvalue weighted by Crippen LogP contribution is 2.63. The van der Waals surface area contributed by atoms with Crippen LogP contribution < -0.4 is 0 Å². The van der Waals surface area contributed by atoms with Crippen LogP contribution in [0.1, 0.15) is 68.4 Å². The maximum atomic E-state index is 14.1. The maximum absolute atomic E-state index is 14.1. The predicted molar refractivity (Wildman–Crippen MR) is 172 cm³/mol. The fourth-order valence-corrected chi connectivity index (χ4v) is 25.9. The second kappa shape index (κ2) is 15.8. The molecule has 1 aliphatic rings. The van der Waals surface area contributed by atoms with Crippen molar-refractivity contribution < 1.29 is 46.5 Å². The van der Waals surface area contributed by atoms with Crippen molar-refractivity contribution in [3.63, 3.8) is 0 Å². The quantitative estimate of drug-likeness (QED) is 0.0901. The molecule has 2 aromatic rings. The van der Waals surface area contributed by atoms with E-state index < -0.39 is 76.4 Å². The van der Waals surface area contributed by atoms with E-state index in [2.05, 4.69) is 51.9 Å². The van der Waals surface area contributed by atoms with Crippen LogP contribution in [0.3, 0.4) is 0 Å². The summed E-state index contributed by atoms with van der Waals surface area (Å²) in [7, 11) is -3.38. The smallest absolute Gasteiger partial charge is 0.332 e. The minimum Gasteiger partial charge on any atom is -0.465 e. The number of carbonyl (C=O) groups is 3. The number of aromatic nitrogens is 3. The van der Waals surface area contributed by atoms with Crippen LogP contribution in [0.15, 0.2) is 18.3 Å². The highest BCUT2D eigenvalue weighted by Gasteiger charge is 2.58. The Morgan fingerprint density at radius 3 is 2.07 bits per heavy atom. The molecule has 1 aromatic heterocycles. The van der Waals surface area contributed by atoms with Crippen LogP contribution in [0.2, 0.25) is 16.6 Å². The van der Waals surface area contributed by atoms with Gasteiger partial charge in [-0.15, -0.1) is 5.10 Å². The van der Waals surface area contributed by atoms with Gasteiger partial charge in [0, 0.05) is 19.4 Å². The second-order valence-corrected chi connectivity index (χ2v) is 23.7. The molecule has 0 N–H and O–H groups in total. The lowest BCUT2D eigenvalue weighted by molar-refractivity contribution is -0.160. The summed E-state index contributed by atoms with van der Waals surface area (Å²) in [5, 5.41) is 7.91. The van der Waals surface area contributed by atoms with Crippen LogP contribution >= 0.6 is 10.3 Å². The minimum atomic E-state index is -2.34.